The smallest absolute Gasteiger partial charge is 0.173 e. The molecule has 44 heavy (non-hydrogen) atoms. The minimum absolute atomic E-state index is 0.0626. The molecule has 0 saturated carbocycles. The molecule has 0 radical (unpaired) electrons. The van der Waals surface area contributed by atoms with E-state index in [1.807, 2.05) is 30.3 Å². The van der Waals surface area contributed by atoms with Gasteiger partial charge in [0, 0.05) is 30.1 Å². The van der Waals surface area contributed by atoms with Crippen LogP contribution in [0, 0.1) is 13.8 Å². The first kappa shape index (κ1) is 28.8. The lowest BCUT2D eigenvalue weighted by atomic mass is 9.82. The van der Waals surface area contributed by atoms with Crippen molar-refractivity contribution in [3.8, 4) is 11.5 Å². The van der Waals surface area contributed by atoms with Gasteiger partial charge in [-0.1, -0.05) is 24.3 Å². The number of aromatic nitrogens is 8. The molecule has 0 amide bonds. The van der Waals surface area contributed by atoms with Crippen molar-refractivity contribution in [3.05, 3.63) is 106 Å². The lowest BCUT2D eigenvalue weighted by Crippen LogP contribution is -2.35. The number of phenols is 2. The van der Waals surface area contributed by atoms with Gasteiger partial charge in [0.1, 0.15) is 11.5 Å². The molecular formula is C30H31N11O3. The van der Waals surface area contributed by atoms with Crippen LogP contribution in [0.25, 0.3) is 0 Å². The van der Waals surface area contributed by atoms with Crippen molar-refractivity contribution >= 4 is 12.4 Å². The van der Waals surface area contributed by atoms with Crippen LogP contribution in [0.2, 0.25) is 0 Å². The molecule has 0 spiro atoms. The summed E-state index contributed by atoms with van der Waals surface area (Å²) in [4.78, 5) is 4.87. The van der Waals surface area contributed by atoms with Crippen LogP contribution < -0.4 is 0 Å². The van der Waals surface area contributed by atoms with E-state index in [9.17, 15) is 10.2 Å². The van der Waals surface area contributed by atoms with Gasteiger partial charge in [0.25, 0.3) is 0 Å². The van der Waals surface area contributed by atoms with Gasteiger partial charge in [-0.3, -0.25) is 0 Å². The second kappa shape index (κ2) is 12.5. The Morgan fingerprint density at radius 3 is 1.95 bits per heavy atom. The Hall–Kier alpha value is -5.34. The van der Waals surface area contributed by atoms with Gasteiger partial charge >= 0.3 is 0 Å². The summed E-state index contributed by atoms with van der Waals surface area (Å²) in [7, 11) is 2.08. The van der Waals surface area contributed by atoms with Gasteiger partial charge < -0.3 is 19.8 Å². The monoisotopic (exact) mass is 593 g/mol. The maximum Gasteiger partial charge on any atom is 0.173 e. The SMILES string of the molecule is Cc1nnnn1/N=C/c1ccc(O)c(C(c2cccc(C3CN(C)CCO3)c2)c2cc(/C=N/n3nnnc3C)ccc2O)c1. The number of morpholine rings is 1. The normalized spacial score (nSPS) is 16.0. The van der Waals surface area contributed by atoms with E-state index in [1.165, 1.54) is 9.58 Å². The Bertz CT molecular complexity index is 1730. The Labute approximate surface area is 252 Å². The summed E-state index contributed by atoms with van der Waals surface area (Å²) in [6, 6.07) is 18.5. The van der Waals surface area contributed by atoms with Crippen molar-refractivity contribution in [1.29, 1.82) is 0 Å². The van der Waals surface area contributed by atoms with Crippen molar-refractivity contribution < 1.29 is 14.9 Å². The van der Waals surface area contributed by atoms with Crippen LogP contribution in [0.4, 0.5) is 0 Å². The number of likely N-dealkylation sites (N-methyl/N-ethyl adjacent to an activating group) is 1. The number of benzene rings is 3. The summed E-state index contributed by atoms with van der Waals surface area (Å²) in [5.74, 6) is 0.624. The Balaban J connectivity index is 1.46. The molecule has 1 aliphatic heterocycles. The number of aryl methyl sites for hydroxylation is 2. The molecule has 0 aliphatic carbocycles. The summed E-state index contributed by atoms with van der Waals surface area (Å²) < 4.78 is 6.11. The van der Waals surface area contributed by atoms with E-state index in [0.717, 1.165) is 24.2 Å². The molecule has 3 aromatic carbocycles. The Morgan fingerprint density at radius 2 is 1.43 bits per heavy atom. The third kappa shape index (κ3) is 6.21. The summed E-state index contributed by atoms with van der Waals surface area (Å²) >= 11 is 0. The molecule has 14 nitrogen and oxygen atoms in total. The van der Waals surface area contributed by atoms with Gasteiger partial charge in [0.05, 0.1) is 25.1 Å². The minimum Gasteiger partial charge on any atom is -0.508 e. The first-order valence-electron chi connectivity index (χ1n) is 14.0. The molecule has 1 atom stereocenters. The molecule has 1 saturated heterocycles. The fourth-order valence-electron chi connectivity index (χ4n) is 5.12. The fraction of sp³-hybridized carbons (Fsp3) is 0.267. The topological polar surface area (TPSA) is 165 Å². The maximum atomic E-state index is 11.2. The van der Waals surface area contributed by atoms with Gasteiger partial charge in [-0.05, 0) is 100 Å². The second-order valence-electron chi connectivity index (χ2n) is 10.6. The number of aromatic hydroxyl groups is 2. The summed E-state index contributed by atoms with van der Waals surface area (Å²) in [5.41, 5.74) is 4.43. The van der Waals surface area contributed by atoms with Crippen LogP contribution in [-0.2, 0) is 4.74 Å². The highest BCUT2D eigenvalue weighted by Gasteiger charge is 2.26. The number of phenolic OH excluding ortho intramolecular Hbond substituents is 2. The fourth-order valence-corrected chi connectivity index (χ4v) is 5.12. The number of ether oxygens (including phenoxy) is 1. The average Bonchev–Trinajstić information content (AvgIpc) is 3.64. The standard InChI is InChI=1S/C30H31N11O3/c1-19-33-35-37-40(19)31-16-21-7-9-27(42)25(13-21)30(24-6-4-5-23(15-24)29-18-39(3)11-12-44-29)26-14-22(8-10-28(26)43)17-32-41-20(2)34-36-38-41/h4-10,13-17,29-30,42-43H,11-12,18H2,1-3H3/b31-16+,32-17+. The lowest BCUT2D eigenvalue weighted by molar-refractivity contribution is -0.0209. The van der Waals surface area contributed by atoms with Gasteiger partial charge in [0.15, 0.2) is 11.6 Å². The highest BCUT2D eigenvalue weighted by Crippen LogP contribution is 2.42. The molecule has 1 aliphatic rings. The third-order valence-corrected chi connectivity index (χ3v) is 7.45. The Kier molecular flexibility index (Phi) is 8.16. The molecule has 5 aromatic rings. The number of hydrogen-bond acceptors (Lipinski definition) is 12. The lowest BCUT2D eigenvalue weighted by Gasteiger charge is -2.31. The van der Waals surface area contributed by atoms with E-state index in [4.69, 9.17) is 4.74 Å². The minimum atomic E-state index is -0.567. The van der Waals surface area contributed by atoms with Gasteiger partial charge in [0.2, 0.25) is 0 Å². The predicted octanol–water partition coefficient (Wildman–Crippen LogP) is 2.64. The quantitative estimate of drug-likeness (QED) is 0.202. The van der Waals surface area contributed by atoms with Crippen LogP contribution in [0.5, 0.6) is 11.5 Å². The molecule has 6 rings (SSSR count). The van der Waals surface area contributed by atoms with E-state index in [1.54, 1.807) is 50.5 Å². The molecule has 1 fully saturated rings. The highest BCUT2D eigenvalue weighted by atomic mass is 16.5. The largest absolute Gasteiger partial charge is 0.508 e. The summed E-state index contributed by atoms with van der Waals surface area (Å²) in [6.45, 7) is 5.76. The van der Waals surface area contributed by atoms with Crippen LogP contribution in [-0.4, -0.2) is 94.9 Å². The first-order chi connectivity index (χ1) is 21.4. The first-order valence-corrected chi connectivity index (χ1v) is 14.0. The molecule has 224 valence electrons. The maximum absolute atomic E-state index is 11.2. The van der Waals surface area contributed by atoms with Crippen molar-refractivity contribution in [2.75, 3.05) is 26.7 Å². The second-order valence-corrected chi connectivity index (χ2v) is 10.6. The van der Waals surface area contributed by atoms with Crippen molar-refractivity contribution in [1.82, 2.24) is 45.5 Å². The molecule has 1 unspecified atom stereocenters. The molecule has 0 bridgehead atoms. The van der Waals surface area contributed by atoms with E-state index in [0.29, 0.717) is 40.5 Å². The number of nitrogens with zero attached hydrogens (tertiary/aromatic N) is 11. The summed E-state index contributed by atoms with van der Waals surface area (Å²) in [6.07, 6.45) is 3.12. The van der Waals surface area contributed by atoms with Crippen LogP contribution in [0.3, 0.4) is 0 Å². The zero-order valence-electron chi connectivity index (χ0n) is 24.4. The van der Waals surface area contributed by atoms with Crippen molar-refractivity contribution in [2.24, 2.45) is 10.2 Å². The third-order valence-electron chi connectivity index (χ3n) is 7.45. The van der Waals surface area contributed by atoms with E-state index in [2.05, 4.69) is 59.3 Å². The van der Waals surface area contributed by atoms with Crippen LogP contribution in [0.15, 0.2) is 70.9 Å². The predicted molar refractivity (Wildman–Crippen MR) is 161 cm³/mol. The van der Waals surface area contributed by atoms with Gasteiger partial charge in [-0.15, -0.1) is 19.8 Å². The number of tetrazole rings is 2. The average molecular weight is 594 g/mol. The van der Waals surface area contributed by atoms with E-state index >= 15 is 0 Å². The van der Waals surface area contributed by atoms with Crippen molar-refractivity contribution in [3.63, 3.8) is 0 Å². The highest BCUT2D eigenvalue weighted by molar-refractivity contribution is 5.82. The molecule has 2 aromatic heterocycles. The molecule has 3 heterocycles. The van der Waals surface area contributed by atoms with E-state index < -0.39 is 5.92 Å². The zero-order valence-corrected chi connectivity index (χ0v) is 24.4. The summed E-state index contributed by atoms with van der Waals surface area (Å²) in [5, 5.41) is 53.9. The molecular weight excluding hydrogens is 562 g/mol. The van der Waals surface area contributed by atoms with Crippen LogP contribution in [0.1, 0.15) is 57.1 Å². The number of hydrogen-bond donors (Lipinski definition) is 2. The molecule has 2 N–H and O–H groups in total. The van der Waals surface area contributed by atoms with Gasteiger partial charge in [-0.25, -0.2) is 0 Å². The van der Waals surface area contributed by atoms with Crippen molar-refractivity contribution in [2.45, 2.75) is 25.9 Å². The zero-order chi connectivity index (χ0) is 30.6. The van der Waals surface area contributed by atoms with E-state index in [-0.39, 0.29) is 17.6 Å². The van der Waals surface area contributed by atoms with Gasteiger partial charge in [-0.2, -0.15) is 10.2 Å². The molecule has 14 heteroatoms. The van der Waals surface area contributed by atoms with Crippen LogP contribution >= 0.6 is 0 Å². The number of rotatable bonds is 8. The Morgan fingerprint density at radius 1 is 0.841 bits per heavy atom.